The molecule has 19 heavy (non-hydrogen) atoms. The minimum Gasteiger partial charge on any atom is -0.388 e. The fourth-order valence-corrected chi connectivity index (χ4v) is 3.69. The first-order valence-corrected chi connectivity index (χ1v) is 7.33. The predicted octanol–water partition coefficient (Wildman–Crippen LogP) is 1.63. The molecule has 0 aromatic carbocycles. The molecule has 1 aliphatic heterocycles. The van der Waals surface area contributed by atoms with Crippen LogP contribution in [0.1, 0.15) is 44.9 Å². The topological polar surface area (TPSA) is 57.6 Å². The van der Waals surface area contributed by atoms with Crippen molar-refractivity contribution in [3.63, 3.8) is 0 Å². The molecule has 2 amide bonds. The van der Waals surface area contributed by atoms with Gasteiger partial charge in [-0.15, -0.1) is 0 Å². The lowest BCUT2D eigenvalue weighted by molar-refractivity contribution is -0.145. The maximum absolute atomic E-state index is 12.3. The number of carbonyl (C=O) groups is 2. The number of amides is 2. The Morgan fingerprint density at radius 1 is 1.05 bits per heavy atom. The molecular formula is C15H21NO3. The van der Waals surface area contributed by atoms with Crippen LogP contribution in [-0.4, -0.2) is 34.0 Å². The summed E-state index contributed by atoms with van der Waals surface area (Å²) in [7, 11) is 0. The van der Waals surface area contributed by atoms with Crippen molar-refractivity contribution in [3.8, 4) is 0 Å². The lowest BCUT2D eigenvalue weighted by Crippen LogP contribution is -2.47. The SMILES string of the molecule is O=C1[C@H]2CC=CC[C@H]2C(=O)N1CC1(O)CCCCC1. The minimum atomic E-state index is -0.843. The Bertz CT molecular complexity index is 397. The van der Waals surface area contributed by atoms with Crippen LogP contribution in [0, 0.1) is 11.8 Å². The third kappa shape index (κ3) is 2.22. The van der Waals surface area contributed by atoms with E-state index in [0.29, 0.717) is 25.7 Å². The summed E-state index contributed by atoms with van der Waals surface area (Å²) in [6, 6.07) is 0. The van der Waals surface area contributed by atoms with Crippen molar-refractivity contribution in [2.45, 2.75) is 50.5 Å². The summed E-state index contributed by atoms with van der Waals surface area (Å²) in [5.41, 5.74) is -0.843. The highest BCUT2D eigenvalue weighted by atomic mass is 16.3. The summed E-state index contributed by atoms with van der Waals surface area (Å²) in [6.45, 7) is 0.206. The van der Waals surface area contributed by atoms with E-state index >= 15 is 0 Å². The van der Waals surface area contributed by atoms with Gasteiger partial charge in [-0.05, 0) is 25.7 Å². The number of β-amino-alcohol motifs (C(OH)–C–C–N with tert-alkyl or cyclic N) is 1. The number of allylic oxidation sites excluding steroid dienone is 2. The molecule has 4 heteroatoms. The van der Waals surface area contributed by atoms with Gasteiger partial charge in [0.05, 0.1) is 24.0 Å². The summed E-state index contributed by atoms with van der Waals surface area (Å²) in [5.74, 6) is -0.494. The van der Waals surface area contributed by atoms with Crippen molar-refractivity contribution >= 4 is 11.8 Å². The molecule has 3 rings (SSSR count). The molecule has 4 nitrogen and oxygen atoms in total. The number of hydrogen-bond donors (Lipinski definition) is 1. The van der Waals surface area contributed by atoms with Gasteiger partial charge < -0.3 is 5.11 Å². The average molecular weight is 263 g/mol. The molecule has 2 fully saturated rings. The second kappa shape index (κ2) is 4.75. The number of fused-ring (bicyclic) bond motifs is 1. The molecule has 1 saturated carbocycles. The molecule has 0 bridgehead atoms. The van der Waals surface area contributed by atoms with Crippen molar-refractivity contribution in [3.05, 3.63) is 12.2 Å². The van der Waals surface area contributed by atoms with Crippen LogP contribution in [0.2, 0.25) is 0 Å². The Morgan fingerprint density at radius 2 is 1.58 bits per heavy atom. The molecule has 1 saturated heterocycles. The van der Waals surface area contributed by atoms with E-state index in [9.17, 15) is 14.7 Å². The number of carbonyl (C=O) groups excluding carboxylic acids is 2. The van der Waals surface area contributed by atoms with E-state index in [4.69, 9.17) is 0 Å². The van der Waals surface area contributed by atoms with Crippen LogP contribution in [-0.2, 0) is 9.59 Å². The Balaban J connectivity index is 1.74. The van der Waals surface area contributed by atoms with Crippen molar-refractivity contribution < 1.29 is 14.7 Å². The molecule has 1 heterocycles. The highest BCUT2D eigenvalue weighted by Gasteiger charge is 2.49. The third-order valence-corrected chi connectivity index (χ3v) is 4.84. The number of hydrogen-bond acceptors (Lipinski definition) is 3. The fraction of sp³-hybridized carbons (Fsp3) is 0.733. The van der Waals surface area contributed by atoms with E-state index in [1.807, 2.05) is 12.2 Å². The molecule has 0 aromatic rings. The van der Waals surface area contributed by atoms with Gasteiger partial charge in [0, 0.05) is 0 Å². The number of likely N-dealkylation sites (tertiary alicyclic amines) is 1. The summed E-state index contributed by atoms with van der Waals surface area (Å²) in [4.78, 5) is 26.0. The van der Waals surface area contributed by atoms with Gasteiger partial charge in [-0.2, -0.15) is 0 Å². The van der Waals surface area contributed by atoms with Crippen LogP contribution in [0.25, 0.3) is 0 Å². The molecule has 0 aromatic heterocycles. The quantitative estimate of drug-likeness (QED) is 0.608. The predicted molar refractivity (Wildman–Crippen MR) is 70.1 cm³/mol. The molecule has 104 valence electrons. The maximum atomic E-state index is 12.3. The number of imide groups is 1. The largest absolute Gasteiger partial charge is 0.388 e. The Labute approximate surface area is 113 Å². The molecule has 0 unspecified atom stereocenters. The molecular weight excluding hydrogens is 242 g/mol. The smallest absolute Gasteiger partial charge is 0.233 e. The van der Waals surface area contributed by atoms with Gasteiger partial charge >= 0.3 is 0 Å². The third-order valence-electron chi connectivity index (χ3n) is 4.84. The van der Waals surface area contributed by atoms with Crippen LogP contribution in [0.5, 0.6) is 0 Å². The van der Waals surface area contributed by atoms with Gasteiger partial charge in [0.1, 0.15) is 0 Å². The lowest BCUT2D eigenvalue weighted by atomic mass is 9.84. The van der Waals surface area contributed by atoms with E-state index in [-0.39, 0.29) is 30.2 Å². The first-order chi connectivity index (χ1) is 9.11. The van der Waals surface area contributed by atoms with Gasteiger partial charge in [-0.1, -0.05) is 31.4 Å². The molecule has 0 radical (unpaired) electrons. The number of nitrogens with zero attached hydrogens (tertiary/aromatic N) is 1. The number of aliphatic hydroxyl groups is 1. The van der Waals surface area contributed by atoms with Crippen molar-refractivity contribution in [1.29, 1.82) is 0 Å². The van der Waals surface area contributed by atoms with Crippen molar-refractivity contribution in [1.82, 2.24) is 4.90 Å². The summed E-state index contributed by atoms with van der Waals surface area (Å²) in [5, 5.41) is 10.5. The van der Waals surface area contributed by atoms with E-state index < -0.39 is 5.60 Å². The zero-order valence-electron chi connectivity index (χ0n) is 11.2. The average Bonchev–Trinajstić information content (AvgIpc) is 2.65. The Morgan fingerprint density at radius 3 is 2.11 bits per heavy atom. The molecule has 3 aliphatic rings. The second-order valence-corrected chi connectivity index (χ2v) is 6.20. The Kier molecular flexibility index (Phi) is 3.21. The maximum Gasteiger partial charge on any atom is 0.233 e. The normalized spacial score (nSPS) is 33.6. The first kappa shape index (κ1) is 12.9. The van der Waals surface area contributed by atoms with Crippen molar-refractivity contribution in [2.75, 3.05) is 6.54 Å². The standard InChI is InChI=1S/C15H21NO3/c17-13-11-6-2-3-7-12(11)14(18)16(13)10-15(19)8-4-1-5-9-15/h2-3,11-12,19H,1,4-10H2/t11-,12+. The molecule has 1 N–H and O–H groups in total. The monoisotopic (exact) mass is 263 g/mol. The zero-order chi connectivity index (χ0) is 13.5. The fourth-order valence-electron chi connectivity index (χ4n) is 3.69. The van der Waals surface area contributed by atoms with Crippen LogP contribution in [0.4, 0.5) is 0 Å². The number of rotatable bonds is 2. The lowest BCUT2D eigenvalue weighted by Gasteiger charge is -2.34. The van der Waals surface area contributed by atoms with E-state index in [2.05, 4.69) is 0 Å². The van der Waals surface area contributed by atoms with E-state index in [1.165, 1.54) is 4.90 Å². The minimum absolute atomic E-state index is 0.0710. The second-order valence-electron chi connectivity index (χ2n) is 6.20. The van der Waals surface area contributed by atoms with Gasteiger partial charge in [-0.25, -0.2) is 0 Å². The summed E-state index contributed by atoms with van der Waals surface area (Å²) < 4.78 is 0. The van der Waals surface area contributed by atoms with Crippen molar-refractivity contribution in [2.24, 2.45) is 11.8 Å². The molecule has 2 aliphatic carbocycles. The van der Waals surface area contributed by atoms with E-state index in [1.54, 1.807) is 0 Å². The molecule has 2 atom stereocenters. The summed E-state index contributed by atoms with van der Waals surface area (Å²) >= 11 is 0. The molecule has 0 spiro atoms. The van der Waals surface area contributed by atoms with Gasteiger partial charge in [0.2, 0.25) is 11.8 Å². The van der Waals surface area contributed by atoms with Gasteiger partial charge in [0.25, 0.3) is 0 Å². The highest BCUT2D eigenvalue weighted by Crippen LogP contribution is 2.37. The van der Waals surface area contributed by atoms with Crippen LogP contribution in [0.15, 0.2) is 12.2 Å². The van der Waals surface area contributed by atoms with E-state index in [0.717, 1.165) is 19.3 Å². The van der Waals surface area contributed by atoms with Gasteiger partial charge in [0.15, 0.2) is 0 Å². The highest BCUT2D eigenvalue weighted by molar-refractivity contribution is 6.05. The summed E-state index contributed by atoms with van der Waals surface area (Å²) in [6.07, 6.45) is 9.85. The van der Waals surface area contributed by atoms with Crippen LogP contribution < -0.4 is 0 Å². The first-order valence-electron chi connectivity index (χ1n) is 7.33. The van der Waals surface area contributed by atoms with Gasteiger partial charge in [-0.3, -0.25) is 14.5 Å². The van der Waals surface area contributed by atoms with Crippen LogP contribution >= 0.6 is 0 Å². The zero-order valence-corrected chi connectivity index (χ0v) is 11.2. The van der Waals surface area contributed by atoms with Crippen LogP contribution in [0.3, 0.4) is 0 Å². The Hall–Kier alpha value is -1.16.